The minimum Gasteiger partial charge on any atom is -0.353 e. The molecular weight excluding hydrogens is 393 g/mol. The van der Waals surface area contributed by atoms with E-state index in [1.807, 2.05) is 6.92 Å². The molecule has 0 bridgehead atoms. The second-order valence-corrected chi connectivity index (χ2v) is 8.83. The number of rotatable bonds is 2. The predicted octanol–water partition coefficient (Wildman–Crippen LogP) is 1.86. The highest BCUT2D eigenvalue weighted by molar-refractivity contribution is 7.19. The highest BCUT2D eigenvalue weighted by atomic mass is 32.1. The van der Waals surface area contributed by atoms with Gasteiger partial charge in [-0.2, -0.15) is 9.61 Å². The van der Waals surface area contributed by atoms with Crippen molar-refractivity contribution in [2.75, 3.05) is 24.5 Å². The maximum Gasteiger partial charge on any atom is 0.277 e. The van der Waals surface area contributed by atoms with Crippen LogP contribution >= 0.6 is 11.3 Å². The van der Waals surface area contributed by atoms with Crippen LogP contribution in [0.4, 0.5) is 10.2 Å². The Balaban J connectivity index is 1.43. The monoisotopic (exact) mass is 411 g/mol. The van der Waals surface area contributed by atoms with E-state index in [4.69, 9.17) is 4.98 Å². The van der Waals surface area contributed by atoms with Gasteiger partial charge in [0.1, 0.15) is 10.8 Å². The number of imidazole rings is 1. The van der Waals surface area contributed by atoms with Crippen LogP contribution in [0.1, 0.15) is 18.5 Å². The third-order valence-corrected chi connectivity index (χ3v) is 6.62. The summed E-state index contributed by atoms with van der Waals surface area (Å²) in [5.74, 6) is 0.260. The molecule has 8 nitrogen and oxygen atoms in total. The van der Waals surface area contributed by atoms with Crippen molar-refractivity contribution < 1.29 is 4.39 Å². The average Bonchev–Trinajstić information content (AvgIpc) is 3.12. The Morgan fingerprint density at radius 1 is 1.24 bits per heavy atom. The number of hydrogen-bond acceptors (Lipinski definition) is 7. The summed E-state index contributed by atoms with van der Waals surface area (Å²) < 4.78 is 17.4. The molecule has 1 saturated carbocycles. The van der Waals surface area contributed by atoms with Crippen LogP contribution in [0.25, 0.3) is 21.2 Å². The number of aryl methyl sites for hydroxylation is 1. The van der Waals surface area contributed by atoms with E-state index in [2.05, 4.69) is 20.3 Å². The van der Waals surface area contributed by atoms with Gasteiger partial charge in [-0.25, -0.2) is 14.4 Å². The third kappa shape index (κ3) is 2.74. The van der Waals surface area contributed by atoms with Gasteiger partial charge in [-0.1, -0.05) is 11.3 Å². The molecule has 1 aliphatic carbocycles. The van der Waals surface area contributed by atoms with Crippen LogP contribution in [0.3, 0.4) is 0 Å². The van der Waals surface area contributed by atoms with Gasteiger partial charge in [0, 0.05) is 49.2 Å². The van der Waals surface area contributed by atoms with Gasteiger partial charge in [0.25, 0.3) is 5.56 Å². The third-order valence-electron chi connectivity index (χ3n) is 5.66. The molecule has 1 aliphatic heterocycles. The molecule has 148 valence electrons. The van der Waals surface area contributed by atoms with Gasteiger partial charge in [-0.05, 0) is 25.8 Å². The summed E-state index contributed by atoms with van der Waals surface area (Å²) in [6, 6.07) is 2.94. The van der Waals surface area contributed by atoms with Crippen LogP contribution in [0.2, 0.25) is 0 Å². The Kier molecular flexibility index (Phi) is 3.43. The van der Waals surface area contributed by atoms with E-state index in [0.717, 1.165) is 38.2 Å². The molecule has 0 aromatic carbocycles. The van der Waals surface area contributed by atoms with E-state index in [1.165, 1.54) is 21.9 Å². The first-order valence-corrected chi connectivity index (χ1v) is 10.4. The minimum atomic E-state index is -0.425. The molecule has 29 heavy (non-hydrogen) atoms. The predicted molar refractivity (Wildman–Crippen MR) is 108 cm³/mol. The van der Waals surface area contributed by atoms with Crippen molar-refractivity contribution in [3.63, 3.8) is 0 Å². The van der Waals surface area contributed by atoms with Crippen LogP contribution in [0.5, 0.6) is 0 Å². The van der Waals surface area contributed by atoms with E-state index in [0.29, 0.717) is 21.3 Å². The number of halogens is 1. The number of nitrogens with zero attached hydrogens (tertiary/aromatic N) is 6. The number of hydrogen-bond donors (Lipinski definition) is 1. The fourth-order valence-corrected chi connectivity index (χ4v) is 4.89. The van der Waals surface area contributed by atoms with E-state index in [9.17, 15) is 9.18 Å². The molecule has 1 N–H and O–H groups in total. The topological polar surface area (TPSA) is 79.8 Å². The number of piperazine rings is 1. The first-order chi connectivity index (χ1) is 14.0. The number of anilines is 1. The summed E-state index contributed by atoms with van der Waals surface area (Å²) in [7, 11) is 0. The molecule has 4 aromatic rings. The fraction of sp³-hybridized carbons (Fsp3) is 0.368. The second kappa shape index (κ2) is 5.83. The largest absolute Gasteiger partial charge is 0.353 e. The summed E-state index contributed by atoms with van der Waals surface area (Å²) in [6.45, 7) is 4.39. The van der Waals surface area contributed by atoms with Crippen molar-refractivity contribution >= 4 is 27.8 Å². The molecule has 0 atom stereocenters. The smallest absolute Gasteiger partial charge is 0.277 e. The standard InChI is InChI=1S/C19H18FN7OS/c1-11-8-26-9-12(6-13(20)16(26)22-11)17-24-27-15(28)7-14(23-18(27)29-17)25-5-4-21-19(10-25)2-3-19/h6-9,21H,2-5,10H2,1H3. The maximum absolute atomic E-state index is 14.5. The highest BCUT2D eigenvalue weighted by Crippen LogP contribution is 2.38. The lowest BCUT2D eigenvalue weighted by molar-refractivity contribution is 0.440. The van der Waals surface area contributed by atoms with Crippen molar-refractivity contribution in [3.8, 4) is 10.6 Å². The lowest BCUT2D eigenvalue weighted by Crippen LogP contribution is -2.53. The van der Waals surface area contributed by atoms with Gasteiger partial charge in [-0.3, -0.25) is 4.79 Å². The van der Waals surface area contributed by atoms with E-state index < -0.39 is 5.82 Å². The van der Waals surface area contributed by atoms with Gasteiger partial charge >= 0.3 is 0 Å². The van der Waals surface area contributed by atoms with Gasteiger partial charge in [0.15, 0.2) is 11.5 Å². The zero-order valence-electron chi connectivity index (χ0n) is 15.7. The van der Waals surface area contributed by atoms with Gasteiger partial charge in [0.2, 0.25) is 4.96 Å². The van der Waals surface area contributed by atoms with Crippen LogP contribution in [-0.2, 0) is 0 Å². The Bertz CT molecular complexity index is 1340. The summed E-state index contributed by atoms with van der Waals surface area (Å²) in [4.78, 5) is 24.2. The summed E-state index contributed by atoms with van der Waals surface area (Å²) in [5, 5.41) is 8.50. The molecule has 1 spiro atoms. The van der Waals surface area contributed by atoms with Crippen LogP contribution < -0.4 is 15.8 Å². The normalized spacial score (nSPS) is 18.2. The number of nitrogens with one attached hydrogen (secondary N) is 1. The van der Waals surface area contributed by atoms with Gasteiger partial charge in [0.05, 0.1) is 5.69 Å². The zero-order chi connectivity index (χ0) is 19.8. The SMILES string of the molecule is Cc1cn2cc(-c3nn4c(=O)cc(N5CCNC6(CC6)C5)nc4s3)cc(F)c2n1. The Labute approximate surface area is 168 Å². The molecule has 2 fully saturated rings. The quantitative estimate of drug-likeness (QED) is 0.542. The van der Waals surface area contributed by atoms with E-state index in [-0.39, 0.29) is 16.7 Å². The molecular formula is C19H18FN7OS. The lowest BCUT2D eigenvalue weighted by atomic mass is 10.2. The first kappa shape index (κ1) is 17.0. The average molecular weight is 411 g/mol. The van der Waals surface area contributed by atoms with Crippen molar-refractivity contribution in [1.29, 1.82) is 0 Å². The van der Waals surface area contributed by atoms with E-state index in [1.54, 1.807) is 22.9 Å². The number of fused-ring (bicyclic) bond motifs is 2. The maximum atomic E-state index is 14.5. The Morgan fingerprint density at radius 3 is 2.93 bits per heavy atom. The summed E-state index contributed by atoms with van der Waals surface area (Å²) in [6.07, 6.45) is 5.86. The molecule has 1 saturated heterocycles. The number of aromatic nitrogens is 5. The molecule has 0 radical (unpaired) electrons. The minimum absolute atomic E-state index is 0.194. The molecule has 2 aliphatic rings. The molecule has 6 rings (SSSR count). The highest BCUT2D eigenvalue weighted by Gasteiger charge is 2.45. The van der Waals surface area contributed by atoms with Crippen molar-refractivity contribution in [1.82, 2.24) is 29.3 Å². The number of pyridine rings is 1. The lowest BCUT2D eigenvalue weighted by Gasteiger charge is -2.34. The van der Waals surface area contributed by atoms with Gasteiger partial charge < -0.3 is 14.6 Å². The summed E-state index contributed by atoms with van der Waals surface area (Å²) >= 11 is 1.28. The van der Waals surface area contributed by atoms with Crippen molar-refractivity contribution in [2.45, 2.75) is 25.3 Å². The molecule has 0 unspecified atom stereocenters. The molecule has 10 heteroatoms. The van der Waals surface area contributed by atoms with Crippen LogP contribution in [0, 0.1) is 12.7 Å². The van der Waals surface area contributed by atoms with Crippen molar-refractivity contribution in [3.05, 3.63) is 46.4 Å². The molecule has 4 aromatic heterocycles. The fourth-order valence-electron chi connectivity index (χ4n) is 4.01. The van der Waals surface area contributed by atoms with Crippen molar-refractivity contribution in [2.24, 2.45) is 0 Å². The Morgan fingerprint density at radius 2 is 2.10 bits per heavy atom. The van der Waals surface area contributed by atoms with Crippen LogP contribution in [0.15, 0.2) is 29.3 Å². The zero-order valence-corrected chi connectivity index (χ0v) is 16.5. The van der Waals surface area contributed by atoms with Crippen LogP contribution in [-0.4, -0.2) is 49.2 Å². The second-order valence-electron chi connectivity index (χ2n) is 7.87. The molecule has 0 amide bonds. The molecule has 5 heterocycles. The summed E-state index contributed by atoms with van der Waals surface area (Å²) in [5.41, 5.74) is 1.56. The Hall–Kier alpha value is -2.85. The van der Waals surface area contributed by atoms with Gasteiger partial charge in [-0.15, -0.1) is 0 Å². The first-order valence-electron chi connectivity index (χ1n) is 9.56. The van der Waals surface area contributed by atoms with E-state index >= 15 is 0 Å².